The second kappa shape index (κ2) is 10.3. The largest absolute Gasteiger partial charge is 0.416 e. The Hall–Kier alpha value is -0.240. The summed E-state index contributed by atoms with van der Waals surface area (Å²) in [6.07, 6.45) is -2.83. The number of nitrogens with zero attached hydrogens (tertiary/aromatic N) is 1. The van der Waals surface area contributed by atoms with Crippen molar-refractivity contribution in [3.63, 3.8) is 0 Å². The molecule has 1 aromatic rings. The lowest BCUT2D eigenvalue weighted by molar-refractivity contribution is -0.139. The monoisotopic (exact) mass is 434 g/mol. The molecule has 1 N–H and O–H groups in total. The molecule has 1 atom stereocenters. The Morgan fingerprint density at radius 3 is 2.31 bits per heavy atom. The van der Waals surface area contributed by atoms with E-state index in [9.17, 15) is 13.2 Å². The molecule has 26 heavy (non-hydrogen) atoms. The maximum absolute atomic E-state index is 13.6. The summed E-state index contributed by atoms with van der Waals surface area (Å²) in [6, 6.07) is 3.95. The van der Waals surface area contributed by atoms with Gasteiger partial charge in [-0.25, -0.2) is 0 Å². The number of halogens is 6. The summed E-state index contributed by atoms with van der Waals surface area (Å²) < 4.78 is 46.2. The quantitative estimate of drug-likeness (QED) is 0.752. The van der Waals surface area contributed by atoms with Crippen LogP contribution < -0.4 is 5.32 Å². The van der Waals surface area contributed by atoms with Gasteiger partial charge in [-0.2, -0.15) is 13.2 Å². The molecule has 2 fully saturated rings. The third-order valence-corrected chi connectivity index (χ3v) is 5.13. The van der Waals surface area contributed by atoms with Gasteiger partial charge in [-0.15, -0.1) is 24.8 Å². The van der Waals surface area contributed by atoms with Gasteiger partial charge in [0, 0.05) is 50.5 Å². The van der Waals surface area contributed by atoms with Crippen LogP contribution in [0, 0.1) is 5.92 Å². The van der Waals surface area contributed by atoms with Gasteiger partial charge >= 0.3 is 6.18 Å². The summed E-state index contributed by atoms with van der Waals surface area (Å²) in [6.45, 7) is 4.33. The topological polar surface area (TPSA) is 24.5 Å². The molecule has 1 aromatic carbocycles. The van der Waals surface area contributed by atoms with Gasteiger partial charge in [0.25, 0.3) is 0 Å². The van der Waals surface area contributed by atoms with E-state index in [1.54, 1.807) is 12.1 Å². The number of alkyl halides is 3. The summed E-state index contributed by atoms with van der Waals surface area (Å²) in [7, 11) is 0. The Labute approximate surface area is 169 Å². The highest BCUT2D eigenvalue weighted by atomic mass is 35.5. The summed E-state index contributed by atoms with van der Waals surface area (Å²) in [5.41, 5.74) is -0.259. The van der Waals surface area contributed by atoms with Gasteiger partial charge in [0.1, 0.15) is 0 Å². The molecule has 0 spiro atoms. The van der Waals surface area contributed by atoms with Gasteiger partial charge in [0.2, 0.25) is 0 Å². The molecule has 0 amide bonds. The van der Waals surface area contributed by atoms with Crippen molar-refractivity contribution in [1.82, 2.24) is 10.2 Å². The smallest absolute Gasteiger partial charge is 0.381 e. The normalized spacial score (nSPS) is 20.8. The first-order valence-corrected chi connectivity index (χ1v) is 8.74. The van der Waals surface area contributed by atoms with Crippen molar-refractivity contribution in [2.24, 2.45) is 5.92 Å². The van der Waals surface area contributed by atoms with Crippen molar-refractivity contribution in [3.05, 3.63) is 34.3 Å². The number of nitrogens with one attached hydrogen (secondary N) is 1. The first-order valence-electron chi connectivity index (χ1n) is 8.36. The minimum atomic E-state index is -4.41. The van der Waals surface area contributed by atoms with E-state index in [0.717, 1.165) is 45.1 Å². The van der Waals surface area contributed by atoms with Crippen LogP contribution in [0.3, 0.4) is 0 Å². The minimum absolute atomic E-state index is 0. The molecule has 9 heteroatoms. The van der Waals surface area contributed by atoms with Crippen LogP contribution in [0.4, 0.5) is 13.2 Å². The summed E-state index contributed by atoms with van der Waals surface area (Å²) in [4.78, 5) is 2.19. The fraction of sp³-hybridized carbons (Fsp3) is 0.647. The zero-order chi connectivity index (χ0) is 17.2. The minimum Gasteiger partial charge on any atom is -0.381 e. The van der Waals surface area contributed by atoms with Crippen LogP contribution in [0.1, 0.15) is 30.0 Å². The summed E-state index contributed by atoms with van der Waals surface area (Å²) in [5, 5.41) is 3.39. The Bertz CT molecular complexity index is 545. The second-order valence-corrected chi connectivity index (χ2v) is 6.85. The second-order valence-electron chi connectivity index (χ2n) is 6.41. The van der Waals surface area contributed by atoms with E-state index in [0.29, 0.717) is 18.8 Å². The van der Waals surface area contributed by atoms with Gasteiger partial charge in [-0.1, -0.05) is 17.7 Å². The summed E-state index contributed by atoms with van der Waals surface area (Å²) in [5.74, 6) is 0.166. The first kappa shape index (κ1) is 23.8. The molecule has 0 radical (unpaired) electrons. The molecular formula is C17H24Cl3F3N2O. The van der Waals surface area contributed by atoms with Crippen LogP contribution in [0.2, 0.25) is 5.02 Å². The number of hydrogen-bond acceptors (Lipinski definition) is 3. The van der Waals surface area contributed by atoms with Crippen LogP contribution in [-0.4, -0.2) is 44.3 Å². The zero-order valence-electron chi connectivity index (χ0n) is 14.2. The molecular weight excluding hydrogens is 412 g/mol. The molecule has 0 bridgehead atoms. The van der Waals surface area contributed by atoms with E-state index in [1.165, 1.54) is 0 Å². The average molecular weight is 436 g/mol. The van der Waals surface area contributed by atoms with E-state index in [1.807, 2.05) is 0 Å². The fourth-order valence-corrected chi connectivity index (χ4v) is 3.94. The Balaban J connectivity index is 0.00000169. The number of benzene rings is 1. The molecule has 2 saturated heterocycles. The van der Waals surface area contributed by atoms with Crippen molar-refractivity contribution < 1.29 is 17.9 Å². The molecule has 0 aromatic heterocycles. The number of hydrogen-bond donors (Lipinski definition) is 1. The number of rotatable bonds is 3. The number of piperazine rings is 1. The van der Waals surface area contributed by atoms with E-state index < -0.39 is 11.7 Å². The lowest BCUT2D eigenvalue weighted by atomic mass is 9.83. The molecule has 0 unspecified atom stereocenters. The molecule has 3 rings (SSSR count). The van der Waals surface area contributed by atoms with Gasteiger partial charge in [-0.05, 0) is 36.5 Å². The molecule has 150 valence electrons. The molecule has 2 aliphatic rings. The predicted molar refractivity (Wildman–Crippen MR) is 102 cm³/mol. The summed E-state index contributed by atoms with van der Waals surface area (Å²) >= 11 is 5.86. The third-order valence-electron chi connectivity index (χ3n) is 4.90. The van der Waals surface area contributed by atoms with Gasteiger partial charge < -0.3 is 10.1 Å². The predicted octanol–water partition coefficient (Wildman–Crippen LogP) is 4.58. The Morgan fingerprint density at radius 1 is 1.12 bits per heavy atom. The lowest BCUT2D eigenvalue weighted by Gasteiger charge is -2.42. The van der Waals surface area contributed by atoms with Crippen molar-refractivity contribution in [1.29, 1.82) is 0 Å². The maximum Gasteiger partial charge on any atom is 0.416 e. The average Bonchev–Trinajstić information content (AvgIpc) is 2.57. The van der Waals surface area contributed by atoms with E-state index in [2.05, 4.69) is 10.2 Å². The zero-order valence-corrected chi connectivity index (χ0v) is 16.6. The molecule has 2 aliphatic heterocycles. The highest BCUT2D eigenvalue weighted by Gasteiger charge is 2.39. The van der Waals surface area contributed by atoms with Crippen LogP contribution in [-0.2, 0) is 10.9 Å². The van der Waals surface area contributed by atoms with Gasteiger partial charge in [0.15, 0.2) is 0 Å². The lowest BCUT2D eigenvalue weighted by Crippen LogP contribution is -2.48. The van der Waals surface area contributed by atoms with Crippen LogP contribution in [0.25, 0.3) is 0 Å². The maximum atomic E-state index is 13.6. The van der Waals surface area contributed by atoms with E-state index in [-0.39, 0.29) is 41.8 Å². The standard InChI is InChI=1S/C17H22ClF3N2O.2ClH/c18-13-1-2-14(15(11-13)17(19,20)21)16(12-3-9-24-10-4-12)23-7-5-22-6-8-23;;/h1-2,11-12,16,22H,3-10H2;2*1H/t16-;;/m1../s1. The Kier molecular flexibility index (Phi) is 9.47. The first-order chi connectivity index (χ1) is 11.5. The van der Waals surface area contributed by atoms with Crippen molar-refractivity contribution in [2.75, 3.05) is 39.4 Å². The number of ether oxygens (including phenoxy) is 1. The molecule has 2 heterocycles. The van der Waals surface area contributed by atoms with Crippen LogP contribution in [0.15, 0.2) is 18.2 Å². The SMILES string of the molecule is Cl.Cl.FC(F)(F)c1cc(Cl)ccc1[C@@H](C1CCOCC1)N1CCNCC1. The van der Waals surface area contributed by atoms with Crippen molar-refractivity contribution >= 4 is 36.4 Å². The molecule has 0 aliphatic carbocycles. The Morgan fingerprint density at radius 2 is 1.73 bits per heavy atom. The highest BCUT2D eigenvalue weighted by molar-refractivity contribution is 6.30. The van der Waals surface area contributed by atoms with Crippen LogP contribution in [0.5, 0.6) is 0 Å². The molecule has 0 saturated carbocycles. The van der Waals surface area contributed by atoms with Crippen LogP contribution >= 0.6 is 36.4 Å². The fourth-order valence-electron chi connectivity index (χ4n) is 3.77. The van der Waals surface area contributed by atoms with Crippen molar-refractivity contribution in [3.8, 4) is 0 Å². The highest BCUT2D eigenvalue weighted by Crippen LogP contribution is 2.42. The van der Waals surface area contributed by atoms with E-state index >= 15 is 0 Å². The van der Waals surface area contributed by atoms with Gasteiger partial charge in [0.05, 0.1) is 5.56 Å². The van der Waals surface area contributed by atoms with Crippen molar-refractivity contribution in [2.45, 2.75) is 25.1 Å². The van der Waals surface area contributed by atoms with Gasteiger partial charge in [-0.3, -0.25) is 4.90 Å². The molecule has 3 nitrogen and oxygen atoms in total. The third kappa shape index (κ3) is 5.63. The van der Waals surface area contributed by atoms with E-state index in [4.69, 9.17) is 16.3 Å².